The lowest BCUT2D eigenvalue weighted by Crippen LogP contribution is -2.39. The Balaban J connectivity index is 2.40. The Morgan fingerprint density at radius 3 is 2.57 bits per heavy atom. The summed E-state index contributed by atoms with van der Waals surface area (Å²) in [4.78, 5) is 17.5. The van der Waals surface area contributed by atoms with Crippen LogP contribution in [-0.2, 0) is 4.79 Å². The fourth-order valence-electron chi connectivity index (χ4n) is 1.99. The van der Waals surface area contributed by atoms with Crippen molar-refractivity contribution in [1.82, 2.24) is 15.5 Å². The number of hydrogen-bond donors (Lipinski definition) is 3. The van der Waals surface area contributed by atoms with E-state index in [1.807, 2.05) is 37.3 Å². The highest BCUT2D eigenvalue weighted by Crippen LogP contribution is 2.15. The number of nitrogens with one attached hydrogen (secondary N) is 2. The van der Waals surface area contributed by atoms with Crippen molar-refractivity contribution in [3.05, 3.63) is 35.9 Å². The predicted molar refractivity (Wildman–Crippen MR) is 93.3 cm³/mol. The van der Waals surface area contributed by atoms with Gasteiger partial charge in [-0.05, 0) is 18.9 Å². The highest BCUT2D eigenvalue weighted by molar-refractivity contribution is 5.81. The molecular weight excluding hydrogens is 292 g/mol. The number of benzene rings is 1. The second-order valence-electron chi connectivity index (χ2n) is 5.44. The molecule has 1 unspecified atom stereocenters. The van der Waals surface area contributed by atoms with Crippen LogP contribution in [0, 0.1) is 0 Å². The molecule has 3 N–H and O–H groups in total. The van der Waals surface area contributed by atoms with Gasteiger partial charge in [-0.2, -0.15) is 0 Å². The number of rotatable bonds is 8. The van der Waals surface area contributed by atoms with E-state index in [9.17, 15) is 9.90 Å². The number of aliphatic imine (C=N–C) groups is 1. The maximum atomic E-state index is 11.5. The Labute approximate surface area is 138 Å². The minimum Gasteiger partial charge on any atom is -0.388 e. The van der Waals surface area contributed by atoms with Gasteiger partial charge in [0.15, 0.2) is 5.96 Å². The lowest BCUT2D eigenvalue weighted by molar-refractivity contribution is -0.128. The molecule has 0 bridgehead atoms. The van der Waals surface area contributed by atoms with Crippen LogP contribution in [0.1, 0.15) is 31.4 Å². The van der Waals surface area contributed by atoms with Crippen molar-refractivity contribution in [2.75, 3.05) is 33.7 Å². The Morgan fingerprint density at radius 2 is 1.96 bits per heavy atom. The first-order valence-electron chi connectivity index (χ1n) is 8.00. The summed E-state index contributed by atoms with van der Waals surface area (Å²) in [5.74, 6) is 0.743. The molecule has 0 spiro atoms. The third-order valence-corrected chi connectivity index (χ3v) is 3.33. The molecule has 0 fully saturated rings. The van der Waals surface area contributed by atoms with Gasteiger partial charge in [-0.3, -0.25) is 9.79 Å². The maximum Gasteiger partial charge on any atom is 0.223 e. The summed E-state index contributed by atoms with van der Waals surface area (Å²) >= 11 is 0. The van der Waals surface area contributed by atoms with Gasteiger partial charge in [-0.1, -0.05) is 30.3 Å². The zero-order valence-electron chi connectivity index (χ0n) is 14.2. The molecule has 0 aromatic heterocycles. The van der Waals surface area contributed by atoms with Crippen LogP contribution in [0.3, 0.4) is 0 Å². The molecule has 0 radical (unpaired) electrons. The van der Waals surface area contributed by atoms with Crippen molar-refractivity contribution < 1.29 is 9.90 Å². The minimum absolute atomic E-state index is 0.0767. The number of hydrogen-bond acceptors (Lipinski definition) is 3. The second-order valence-corrected chi connectivity index (χ2v) is 5.44. The third kappa shape index (κ3) is 7.65. The van der Waals surface area contributed by atoms with Gasteiger partial charge in [-0.25, -0.2) is 0 Å². The van der Waals surface area contributed by atoms with E-state index >= 15 is 0 Å². The molecule has 0 heterocycles. The van der Waals surface area contributed by atoms with Crippen molar-refractivity contribution in [3.63, 3.8) is 0 Å². The molecule has 1 rings (SSSR count). The van der Waals surface area contributed by atoms with Crippen molar-refractivity contribution in [1.29, 1.82) is 0 Å². The predicted octanol–water partition coefficient (Wildman–Crippen LogP) is 1.14. The zero-order valence-corrected chi connectivity index (χ0v) is 14.2. The average Bonchev–Trinajstić information content (AvgIpc) is 2.55. The summed E-state index contributed by atoms with van der Waals surface area (Å²) in [6.07, 6.45) is 0.458. The first-order valence-corrected chi connectivity index (χ1v) is 8.00. The number of aliphatic hydroxyl groups excluding tert-OH is 1. The summed E-state index contributed by atoms with van der Waals surface area (Å²) in [5.41, 5.74) is 0.900. The molecule has 1 aromatic rings. The van der Waals surface area contributed by atoms with Crippen LogP contribution < -0.4 is 10.6 Å². The summed E-state index contributed by atoms with van der Waals surface area (Å²) < 4.78 is 0. The van der Waals surface area contributed by atoms with Crippen LogP contribution in [0.5, 0.6) is 0 Å². The first-order chi connectivity index (χ1) is 11.0. The number of amides is 1. The van der Waals surface area contributed by atoms with E-state index in [1.165, 1.54) is 0 Å². The number of guanidine groups is 1. The number of carbonyl (C=O) groups is 1. The molecule has 0 saturated heterocycles. The van der Waals surface area contributed by atoms with Gasteiger partial charge < -0.3 is 20.6 Å². The van der Waals surface area contributed by atoms with E-state index in [0.29, 0.717) is 31.9 Å². The van der Waals surface area contributed by atoms with Gasteiger partial charge in [0.05, 0.1) is 6.10 Å². The van der Waals surface area contributed by atoms with Gasteiger partial charge in [-0.15, -0.1) is 0 Å². The Hall–Kier alpha value is -2.08. The highest BCUT2D eigenvalue weighted by Gasteiger charge is 2.07. The van der Waals surface area contributed by atoms with Crippen LogP contribution >= 0.6 is 0 Å². The maximum absolute atomic E-state index is 11.5. The molecule has 128 valence electrons. The molecule has 1 atom stereocenters. The topological polar surface area (TPSA) is 77.0 Å². The van der Waals surface area contributed by atoms with Crippen LogP contribution in [-0.4, -0.2) is 55.6 Å². The van der Waals surface area contributed by atoms with Gasteiger partial charge in [0.1, 0.15) is 0 Å². The largest absolute Gasteiger partial charge is 0.388 e. The monoisotopic (exact) mass is 320 g/mol. The molecular formula is C17H28N4O2. The summed E-state index contributed by atoms with van der Waals surface area (Å²) in [6, 6.07) is 9.57. The highest BCUT2D eigenvalue weighted by atomic mass is 16.3. The SMILES string of the molecule is CCNC(=NCCC(O)c1ccccc1)NCCC(=O)N(C)C. The molecule has 0 aliphatic rings. The summed E-state index contributed by atoms with van der Waals surface area (Å²) in [7, 11) is 3.49. The molecule has 1 aromatic carbocycles. The van der Waals surface area contributed by atoms with Gasteiger partial charge in [0.2, 0.25) is 5.91 Å². The first kappa shape index (κ1) is 19.0. The van der Waals surface area contributed by atoms with Gasteiger partial charge >= 0.3 is 0 Å². The van der Waals surface area contributed by atoms with Gasteiger partial charge in [0.25, 0.3) is 0 Å². The van der Waals surface area contributed by atoms with Crippen LogP contribution in [0.2, 0.25) is 0 Å². The standard InChI is InChI=1S/C17H28N4O2/c1-4-18-17(20-13-11-16(23)21(2)3)19-12-10-15(22)14-8-6-5-7-9-14/h5-9,15,22H,4,10-13H2,1-3H3,(H2,18,19,20). The molecule has 0 saturated carbocycles. The van der Waals surface area contributed by atoms with Crippen LogP contribution in [0.4, 0.5) is 0 Å². The summed E-state index contributed by atoms with van der Waals surface area (Å²) in [6.45, 7) is 3.77. The van der Waals surface area contributed by atoms with E-state index in [-0.39, 0.29) is 5.91 Å². The molecule has 23 heavy (non-hydrogen) atoms. The lowest BCUT2D eigenvalue weighted by Gasteiger charge is -2.14. The Kier molecular flexibility index (Phi) is 8.75. The molecule has 0 aliphatic carbocycles. The Bertz CT molecular complexity index is 489. The van der Waals surface area contributed by atoms with E-state index < -0.39 is 6.10 Å². The van der Waals surface area contributed by atoms with E-state index in [1.54, 1.807) is 19.0 Å². The molecule has 6 nitrogen and oxygen atoms in total. The van der Waals surface area contributed by atoms with Crippen molar-refractivity contribution in [2.24, 2.45) is 4.99 Å². The van der Waals surface area contributed by atoms with Crippen molar-refractivity contribution >= 4 is 11.9 Å². The molecule has 1 amide bonds. The lowest BCUT2D eigenvalue weighted by atomic mass is 10.1. The minimum atomic E-state index is -0.516. The van der Waals surface area contributed by atoms with E-state index in [4.69, 9.17) is 0 Å². The van der Waals surface area contributed by atoms with Crippen LogP contribution in [0.15, 0.2) is 35.3 Å². The molecule has 0 aliphatic heterocycles. The summed E-state index contributed by atoms with van der Waals surface area (Å²) in [5, 5.41) is 16.4. The normalized spacial score (nSPS) is 12.6. The quantitative estimate of drug-likeness (QED) is 0.496. The smallest absolute Gasteiger partial charge is 0.223 e. The molecule has 6 heteroatoms. The van der Waals surface area contributed by atoms with Crippen LogP contribution in [0.25, 0.3) is 0 Å². The van der Waals surface area contributed by atoms with E-state index in [2.05, 4.69) is 15.6 Å². The number of nitrogens with zero attached hydrogens (tertiary/aromatic N) is 2. The van der Waals surface area contributed by atoms with Crippen molar-refractivity contribution in [3.8, 4) is 0 Å². The number of aliphatic hydroxyl groups is 1. The Morgan fingerprint density at radius 1 is 1.26 bits per heavy atom. The fraction of sp³-hybridized carbons (Fsp3) is 0.529. The number of carbonyl (C=O) groups excluding carboxylic acids is 1. The van der Waals surface area contributed by atoms with Crippen molar-refractivity contribution in [2.45, 2.75) is 25.9 Å². The fourth-order valence-corrected chi connectivity index (χ4v) is 1.99. The second kappa shape index (κ2) is 10.6. The zero-order chi connectivity index (χ0) is 17.1. The van der Waals surface area contributed by atoms with Gasteiger partial charge in [0, 0.05) is 40.2 Å². The average molecular weight is 320 g/mol. The third-order valence-electron chi connectivity index (χ3n) is 3.33. The van der Waals surface area contributed by atoms with E-state index in [0.717, 1.165) is 12.1 Å².